The number of amides is 2. The lowest BCUT2D eigenvalue weighted by Gasteiger charge is -2.18. The number of benzene rings is 2. The number of para-hydroxylation sites is 1. The zero-order valence-corrected chi connectivity index (χ0v) is 14.8. The van der Waals surface area contributed by atoms with Gasteiger partial charge in [-0.3, -0.25) is 9.59 Å². The van der Waals surface area contributed by atoms with Gasteiger partial charge in [0.05, 0.1) is 16.3 Å². The van der Waals surface area contributed by atoms with E-state index < -0.39 is 17.8 Å². The lowest BCUT2D eigenvalue weighted by Crippen LogP contribution is -2.41. The summed E-state index contributed by atoms with van der Waals surface area (Å²) in [5.74, 6) is -1.51. The van der Waals surface area contributed by atoms with Gasteiger partial charge in [-0.1, -0.05) is 39.7 Å². The minimum atomic E-state index is -0.702. The highest BCUT2D eigenvalue weighted by atomic mass is 79.9. The van der Waals surface area contributed by atoms with Crippen LogP contribution in [0.5, 0.6) is 0 Å². The van der Waals surface area contributed by atoms with Gasteiger partial charge in [-0.15, -0.1) is 0 Å². The van der Waals surface area contributed by atoms with Crippen LogP contribution in [0.3, 0.4) is 0 Å². The Hall–Kier alpha value is -1.92. The smallest absolute Gasteiger partial charge is 0.254 e. The highest BCUT2D eigenvalue weighted by Crippen LogP contribution is 2.29. The van der Waals surface area contributed by atoms with Crippen molar-refractivity contribution < 1.29 is 14.0 Å². The molecular formula is C17H13BrClFN2O2. The molecule has 0 radical (unpaired) electrons. The SMILES string of the molecule is O=C(NC1CCN(c2ccccc2Cl)C1=O)c1cc(Br)ccc1F. The highest BCUT2D eigenvalue weighted by Gasteiger charge is 2.34. The predicted octanol–water partition coefficient (Wildman–Crippen LogP) is 3.78. The number of hydrogen-bond acceptors (Lipinski definition) is 2. The van der Waals surface area contributed by atoms with Gasteiger partial charge in [-0.25, -0.2) is 4.39 Å². The van der Waals surface area contributed by atoms with Crippen LogP contribution in [0.4, 0.5) is 10.1 Å². The van der Waals surface area contributed by atoms with Gasteiger partial charge in [0.15, 0.2) is 0 Å². The van der Waals surface area contributed by atoms with E-state index in [-0.39, 0.29) is 11.5 Å². The van der Waals surface area contributed by atoms with Crippen molar-refractivity contribution in [3.63, 3.8) is 0 Å². The van der Waals surface area contributed by atoms with Gasteiger partial charge in [0.25, 0.3) is 5.91 Å². The summed E-state index contributed by atoms with van der Waals surface area (Å²) in [6.45, 7) is 0.439. The van der Waals surface area contributed by atoms with Gasteiger partial charge < -0.3 is 10.2 Å². The maximum atomic E-state index is 13.8. The van der Waals surface area contributed by atoms with E-state index in [2.05, 4.69) is 21.2 Å². The first-order chi connectivity index (χ1) is 11.5. The van der Waals surface area contributed by atoms with E-state index in [9.17, 15) is 14.0 Å². The van der Waals surface area contributed by atoms with Gasteiger partial charge in [0, 0.05) is 11.0 Å². The Morgan fingerprint density at radius 3 is 2.79 bits per heavy atom. The van der Waals surface area contributed by atoms with Gasteiger partial charge in [0.2, 0.25) is 5.91 Å². The third kappa shape index (κ3) is 3.30. The molecule has 0 bridgehead atoms. The van der Waals surface area contributed by atoms with E-state index in [1.165, 1.54) is 23.1 Å². The molecule has 0 aliphatic carbocycles. The fraction of sp³-hybridized carbons (Fsp3) is 0.176. The quantitative estimate of drug-likeness (QED) is 0.836. The lowest BCUT2D eigenvalue weighted by atomic mass is 10.1. The highest BCUT2D eigenvalue weighted by molar-refractivity contribution is 9.10. The molecule has 1 N–H and O–H groups in total. The van der Waals surface area contributed by atoms with E-state index in [0.717, 1.165) is 0 Å². The second-order valence-electron chi connectivity index (χ2n) is 5.38. The van der Waals surface area contributed by atoms with Gasteiger partial charge >= 0.3 is 0 Å². The Bertz CT molecular complexity index is 815. The van der Waals surface area contributed by atoms with Crippen molar-refractivity contribution in [2.45, 2.75) is 12.5 Å². The molecule has 0 saturated carbocycles. The number of nitrogens with zero attached hydrogens (tertiary/aromatic N) is 1. The lowest BCUT2D eigenvalue weighted by molar-refractivity contribution is -0.118. The molecule has 1 fully saturated rings. The summed E-state index contributed by atoms with van der Waals surface area (Å²) in [6, 6.07) is 10.4. The fourth-order valence-corrected chi connectivity index (χ4v) is 3.23. The normalized spacial score (nSPS) is 17.2. The number of rotatable bonds is 3. The molecule has 3 rings (SSSR count). The summed E-state index contributed by atoms with van der Waals surface area (Å²) in [4.78, 5) is 26.3. The molecule has 2 amide bonds. The minimum Gasteiger partial charge on any atom is -0.340 e. The average Bonchev–Trinajstić information content (AvgIpc) is 2.91. The number of hydrogen-bond donors (Lipinski definition) is 1. The molecule has 1 aliphatic rings. The van der Waals surface area contributed by atoms with Crippen molar-refractivity contribution in [1.29, 1.82) is 0 Å². The van der Waals surface area contributed by atoms with Crippen molar-refractivity contribution in [2.24, 2.45) is 0 Å². The molecule has 2 aromatic rings. The Morgan fingerprint density at radius 2 is 2.04 bits per heavy atom. The third-order valence-electron chi connectivity index (χ3n) is 3.83. The molecule has 1 unspecified atom stereocenters. The molecule has 0 aromatic heterocycles. The van der Waals surface area contributed by atoms with Gasteiger partial charge in [-0.2, -0.15) is 0 Å². The van der Waals surface area contributed by atoms with Crippen LogP contribution in [0.25, 0.3) is 0 Å². The fourth-order valence-electron chi connectivity index (χ4n) is 2.63. The molecule has 4 nitrogen and oxygen atoms in total. The van der Waals surface area contributed by atoms with Crippen LogP contribution < -0.4 is 10.2 Å². The zero-order chi connectivity index (χ0) is 17.3. The number of carbonyl (C=O) groups excluding carboxylic acids is 2. The summed E-state index contributed by atoms with van der Waals surface area (Å²) in [5, 5.41) is 3.07. The average molecular weight is 412 g/mol. The Balaban J connectivity index is 1.75. The van der Waals surface area contributed by atoms with E-state index in [4.69, 9.17) is 11.6 Å². The summed E-state index contributed by atoms with van der Waals surface area (Å²) >= 11 is 9.32. The van der Waals surface area contributed by atoms with Crippen LogP contribution in [0.15, 0.2) is 46.9 Å². The summed E-state index contributed by atoms with van der Waals surface area (Å²) < 4.78 is 14.4. The first-order valence-electron chi connectivity index (χ1n) is 7.29. The second kappa shape index (κ2) is 6.91. The van der Waals surface area contributed by atoms with Crippen LogP contribution in [-0.2, 0) is 4.79 Å². The zero-order valence-electron chi connectivity index (χ0n) is 12.4. The van der Waals surface area contributed by atoms with Crippen molar-refractivity contribution in [2.75, 3.05) is 11.4 Å². The van der Waals surface area contributed by atoms with Gasteiger partial charge in [-0.05, 0) is 36.8 Å². The number of nitrogens with one attached hydrogen (secondary N) is 1. The summed E-state index contributed by atoms with van der Waals surface area (Å²) in [6.07, 6.45) is 0.436. The Morgan fingerprint density at radius 1 is 1.29 bits per heavy atom. The molecule has 0 spiro atoms. The third-order valence-corrected chi connectivity index (χ3v) is 4.64. The summed E-state index contributed by atoms with van der Waals surface area (Å²) in [5.41, 5.74) is 0.503. The van der Waals surface area contributed by atoms with E-state index >= 15 is 0 Å². The second-order valence-corrected chi connectivity index (χ2v) is 6.70. The molecule has 1 aliphatic heterocycles. The molecule has 1 saturated heterocycles. The number of carbonyl (C=O) groups is 2. The molecule has 7 heteroatoms. The number of halogens is 3. The monoisotopic (exact) mass is 410 g/mol. The predicted molar refractivity (Wildman–Crippen MR) is 93.8 cm³/mol. The summed E-state index contributed by atoms with van der Waals surface area (Å²) in [7, 11) is 0. The van der Waals surface area contributed by atoms with Crippen LogP contribution in [0.2, 0.25) is 5.02 Å². The maximum absolute atomic E-state index is 13.8. The number of anilines is 1. The van der Waals surface area contributed by atoms with Crippen LogP contribution in [-0.4, -0.2) is 24.4 Å². The first-order valence-corrected chi connectivity index (χ1v) is 8.46. The van der Waals surface area contributed by atoms with Crippen molar-refractivity contribution in [1.82, 2.24) is 5.32 Å². The van der Waals surface area contributed by atoms with Crippen LogP contribution >= 0.6 is 27.5 Å². The topological polar surface area (TPSA) is 49.4 Å². The molecule has 24 heavy (non-hydrogen) atoms. The van der Waals surface area contributed by atoms with Crippen LogP contribution in [0.1, 0.15) is 16.8 Å². The van der Waals surface area contributed by atoms with E-state index in [1.54, 1.807) is 24.3 Å². The molecule has 1 atom stereocenters. The molecule has 2 aromatic carbocycles. The van der Waals surface area contributed by atoms with E-state index in [0.29, 0.717) is 28.1 Å². The van der Waals surface area contributed by atoms with Crippen molar-refractivity contribution in [3.05, 3.63) is 63.3 Å². The largest absolute Gasteiger partial charge is 0.340 e. The Labute approximate surface area is 151 Å². The van der Waals surface area contributed by atoms with Gasteiger partial charge in [0.1, 0.15) is 11.9 Å². The molecule has 124 valence electrons. The van der Waals surface area contributed by atoms with Crippen LogP contribution in [0, 0.1) is 5.82 Å². The molecular weight excluding hydrogens is 399 g/mol. The van der Waals surface area contributed by atoms with E-state index in [1.807, 2.05) is 0 Å². The minimum absolute atomic E-state index is 0.103. The first kappa shape index (κ1) is 16.9. The molecule has 1 heterocycles. The van der Waals surface area contributed by atoms with Crippen molar-refractivity contribution in [3.8, 4) is 0 Å². The Kier molecular flexibility index (Phi) is 4.87. The van der Waals surface area contributed by atoms with Crippen molar-refractivity contribution >= 4 is 45.0 Å². The maximum Gasteiger partial charge on any atom is 0.254 e. The standard InChI is InChI=1S/C17H13BrClFN2O2/c18-10-5-6-13(20)11(9-10)16(23)21-14-7-8-22(17(14)24)15-4-2-1-3-12(15)19/h1-6,9,14H,7-8H2,(H,21,23).